The number of carbonyl (C=O) groups is 2. The van der Waals surface area contributed by atoms with Crippen LogP contribution in [-0.2, 0) is 4.79 Å². The third kappa shape index (κ3) is 2.48. The Kier molecular flexibility index (Phi) is 3.84. The summed E-state index contributed by atoms with van der Waals surface area (Å²) in [6.45, 7) is -0.836. The van der Waals surface area contributed by atoms with Crippen LogP contribution in [0, 0.1) is 0 Å². The van der Waals surface area contributed by atoms with Crippen molar-refractivity contribution >= 4 is 11.9 Å². The van der Waals surface area contributed by atoms with Gasteiger partial charge in [-0.1, -0.05) is 6.07 Å². The van der Waals surface area contributed by atoms with Crippen molar-refractivity contribution in [1.82, 2.24) is 0 Å². The molecule has 1 aromatic carbocycles. The first-order valence-corrected chi connectivity index (χ1v) is 4.32. The highest BCUT2D eigenvalue weighted by molar-refractivity contribution is 5.93. The third-order valence-corrected chi connectivity index (χ3v) is 1.77. The van der Waals surface area contributed by atoms with Crippen LogP contribution < -0.4 is 9.47 Å². The Morgan fingerprint density at radius 2 is 2.06 bits per heavy atom. The van der Waals surface area contributed by atoms with Crippen molar-refractivity contribution in [3.63, 3.8) is 0 Å². The molecule has 2 N–H and O–H groups in total. The minimum atomic E-state index is -1.25. The average molecular weight is 226 g/mol. The topological polar surface area (TPSA) is 93.1 Å². The molecular formula is C10H10O6. The summed E-state index contributed by atoms with van der Waals surface area (Å²) < 4.78 is 9.54. The fraction of sp³-hybridized carbons (Fsp3) is 0.200. The Balaban J connectivity index is 3.19. The fourth-order valence-corrected chi connectivity index (χ4v) is 1.10. The van der Waals surface area contributed by atoms with Crippen molar-refractivity contribution in [1.29, 1.82) is 0 Å². The summed E-state index contributed by atoms with van der Waals surface area (Å²) >= 11 is 0. The van der Waals surface area contributed by atoms with Crippen LogP contribution in [0.2, 0.25) is 0 Å². The summed E-state index contributed by atoms with van der Waals surface area (Å²) in [5.74, 6) is -2.30. The van der Waals surface area contributed by atoms with Crippen molar-refractivity contribution < 1.29 is 29.3 Å². The van der Waals surface area contributed by atoms with Gasteiger partial charge in [0, 0.05) is 0 Å². The Morgan fingerprint density at radius 1 is 1.38 bits per heavy atom. The molecule has 1 rings (SSSR count). The number of aliphatic hydroxyl groups is 1. The van der Waals surface area contributed by atoms with Crippen LogP contribution >= 0.6 is 0 Å². The molecule has 0 aromatic heterocycles. The quantitative estimate of drug-likeness (QED) is 0.566. The predicted molar refractivity (Wildman–Crippen MR) is 52.7 cm³/mol. The van der Waals surface area contributed by atoms with Gasteiger partial charge in [-0.05, 0) is 12.1 Å². The van der Waals surface area contributed by atoms with Gasteiger partial charge in [0.15, 0.2) is 11.5 Å². The zero-order valence-corrected chi connectivity index (χ0v) is 8.47. The number of para-hydroxylation sites is 1. The second-order valence-corrected chi connectivity index (χ2v) is 2.77. The van der Waals surface area contributed by atoms with Crippen LogP contribution in [0.3, 0.4) is 0 Å². The summed E-state index contributed by atoms with van der Waals surface area (Å²) in [5, 5.41) is 17.4. The maximum atomic E-state index is 10.9. The Hall–Kier alpha value is -2.08. The molecule has 0 aliphatic rings. The molecule has 86 valence electrons. The van der Waals surface area contributed by atoms with E-state index in [1.165, 1.54) is 25.3 Å². The number of aromatic carboxylic acids is 1. The molecule has 0 bridgehead atoms. The number of hydrogen-bond acceptors (Lipinski definition) is 5. The summed E-state index contributed by atoms with van der Waals surface area (Å²) in [6, 6.07) is 4.18. The first-order chi connectivity index (χ1) is 7.60. The largest absolute Gasteiger partial charge is 0.493 e. The Morgan fingerprint density at radius 3 is 2.56 bits per heavy atom. The lowest BCUT2D eigenvalue weighted by atomic mass is 10.2. The molecule has 0 radical (unpaired) electrons. The van der Waals surface area contributed by atoms with Gasteiger partial charge >= 0.3 is 11.9 Å². The van der Waals surface area contributed by atoms with Gasteiger partial charge in [-0.2, -0.15) is 0 Å². The number of benzene rings is 1. The number of methoxy groups -OCH3 is 1. The number of carbonyl (C=O) groups excluding carboxylic acids is 1. The van der Waals surface area contributed by atoms with Crippen LogP contribution in [0.5, 0.6) is 11.5 Å². The fourth-order valence-electron chi connectivity index (χ4n) is 1.10. The van der Waals surface area contributed by atoms with E-state index in [0.29, 0.717) is 0 Å². The summed E-state index contributed by atoms with van der Waals surface area (Å²) in [4.78, 5) is 21.8. The van der Waals surface area contributed by atoms with E-state index in [1.54, 1.807) is 0 Å². The smallest absolute Gasteiger partial charge is 0.339 e. The van der Waals surface area contributed by atoms with Gasteiger partial charge in [0.05, 0.1) is 7.11 Å². The minimum Gasteiger partial charge on any atom is -0.493 e. The second-order valence-electron chi connectivity index (χ2n) is 2.77. The lowest BCUT2D eigenvalue weighted by Gasteiger charge is -2.10. The van der Waals surface area contributed by atoms with Gasteiger partial charge in [-0.25, -0.2) is 9.59 Å². The Bertz CT molecular complexity index is 412. The van der Waals surface area contributed by atoms with E-state index in [1.807, 2.05) is 0 Å². The van der Waals surface area contributed by atoms with Crippen molar-refractivity contribution in [2.24, 2.45) is 0 Å². The first-order valence-electron chi connectivity index (χ1n) is 4.32. The van der Waals surface area contributed by atoms with Gasteiger partial charge < -0.3 is 19.7 Å². The number of esters is 1. The Labute approximate surface area is 91.0 Å². The van der Waals surface area contributed by atoms with Crippen molar-refractivity contribution in [3.8, 4) is 11.5 Å². The molecule has 0 saturated heterocycles. The molecule has 0 fully saturated rings. The third-order valence-electron chi connectivity index (χ3n) is 1.77. The highest BCUT2D eigenvalue weighted by Crippen LogP contribution is 2.31. The molecule has 6 heteroatoms. The molecule has 0 heterocycles. The van der Waals surface area contributed by atoms with E-state index >= 15 is 0 Å². The lowest BCUT2D eigenvalue weighted by Crippen LogP contribution is -2.15. The number of aliphatic hydroxyl groups excluding tert-OH is 1. The molecule has 16 heavy (non-hydrogen) atoms. The lowest BCUT2D eigenvalue weighted by molar-refractivity contribution is -0.137. The molecule has 0 saturated carbocycles. The van der Waals surface area contributed by atoms with Crippen LogP contribution in [0.15, 0.2) is 18.2 Å². The number of hydrogen-bond donors (Lipinski definition) is 2. The van der Waals surface area contributed by atoms with E-state index < -0.39 is 18.5 Å². The maximum absolute atomic E-state index is 10.9. The summed E-state index contributed by atoms with van der Waals surface area (Å²) in [7, 11) is 1.32. The van der Waals surface area contributed by atoms with Crippen LogP contribution in [0.25, 0.3) is 0 Å². The number of rotatable bonds is 4. The molecule has 0 aliphatic carbocycles. The van der Waals surface area contributed by atoms with Gasteiger partial charge in [0.25, 0.3) is 0 Å². The SMILES string of the molecule is COc1cccc(C(=O)O)c1OC(=O)CO. The summed E-state index contributed by atoms with van der Waals surface area (Å²) in [6.07, 6.45) is 0. The number of carboxylic acid groups (broad SMARTS) is 1. The summed E-state index contributed by atoms with van der Waals surface area (Å²) in [5.41, 5.74) is -0.207. The molecule has 1 aromatic rings. The van der Waals surface area contributed by atoms with E-state index in [2.05, 4.69) is 4.74 Å². The number of ether oxygens (including phenoxy) is 2. The molecule has 0 atom stereocenters. The second kappa shape index (κ2) is 5.13. The molecule has 0 unspecified atom stereocenters. The van der Waals surface area contributed by atoms with Crippen LogP contribution in [-0.4, -0.2) is 35.9 Å². The monoisotopic (exact) mass is 226 g/mol. The average Bonchev–Trinajstić information content (AvgIpc) is 2.28. The van der Waals surface area contributed by atoms with E-state index in [0.717, 1.165) is 0 Å². The molecule has 6 nitrogen and oxygen atoms in total. The van der Waals surface area contributed by atoms with Gasteiger partial charge in [0.2, 0.25) is 0 Å². The van der Waals surface area contributed by atoms with Gasteiger partial charge in [-0.15, -0.1) is 0 Å². The zero-order valence-electron chi connectivity index (χ0n) is 8.47. The highest BCUT2D eigenvalue weighted by Gasteiger charge is 2.18. The minimum absolute atomic E-state index is 0.113. The first kappa shape index (κ1) is 12.0. The van der Waals surface area contributed by atoms with Crippen LogP contribution in [0.4, 0.5) is 0 Å². The van der Waals surface area contributed by atoms with Crippen molar-refractivity contribution in [2.75, 3.05) is 13.7 Å². The highest BCUT2D eigenvalue weighted by atomic mass is 16.6. The van der Waals surface area contributed by atoms with E-state index in [-0.39, 0.29) is 17.1 Å². The molecule has 0 spiro atoms. The molecule has 0 amide bonds. The van der Waals surface area contributed by atoms with Crippen molar-refractivity contribution in [3.05, 3.63) is 23.8 Å². The van der Waals surface area contributed by atoms with Gasteiger partial charge in [-0.3, -0.25) is 0 Å². The predicted octanol–water partition coefficient (Wildman–Crippen LogP) is 0.291. The maximum Gasteiger partial charge on any atom is 0.339 e. The normalized spacial score (nSPS) is 9.62. The zero-order chi connectivity index (χ0) is 12.1. The van der Waals surface area contributed by atoms with E-state index in [4.69, 9.17) is 14.9 Å². The van der Waals surface area contributed by atoms with Gasteiger partial charge in [0.1, 0.15) is 12.2 Å². The standard InChI is InChI=1S/C10H10O6/c1-15-7-4-2-3-6(10(13)14)9(7)16-8(12)5-11/h2-4,11H,5H2,1H3,(H,13,14). The van der Waals surface area contributed by atoms with Crippen LogP contribution in [0.1, 0.15) is 10.4 Å². The van der Waals surface area contributed by atoms with Crippen molar-refractivity contribution in [2.45, 2.75) is 0 Å². The van der Waals surface area contributed by atoms with E-state index in [9.17, 15) is 9.59 Å². The number of carboxylic acids is 1. The molecular weight excluding hydrogens is 216 g/mol. The molecule has 0 aliphatic heterocycles.